The summed E-state index contributed by atoms with van der Waals surface area (Å²) >= 11 is 0. The fraction of sp³-hybridized carbons (Fsp3) is 0.154. The molecule has 1 unspecified atom stereocenters. The van der Waals surface area contributed by atoms with Crippen LogP contribution in [0.1, 0.15) is 27.5 Å². The van der Waals surface area contributed by atoms with E-state index in [-0.39, 0.29) is 23.7 Å². The SMILES string of the molecule is Cc1cccc(-c2cnc(C(=O)C3Cc4ccc(-c5ccccc5)cc4C3)o2)n1.O=C=O. The predicted molar refractivity (Wildman–Crippen MR) is 117 cm³/mol. The number of Topliss-reactive ketones (excluding diaryl/α,β-unsaturated/α-hetero) is 1. The van der Waals surface area contributed by atoms with Gasteiger partial charge in [-0.1, -0.05) is 54.6 Å². The van der Waals surface area contributed by atoms with Crippen LogP contribution in [-0.2, 0) is 22.4 Å². The first-order valence-electron chi connectivity index (χ1n) is 10.2. The van der Waals surface area contributed by atoms with E-state index in [2.05, 4.69) is 40.3 Å². The number of carbonyl (C=O) groups is 1. The molecule has 0 saturated heterocycles. The normalized spacial score (nSPS) is 14.1. The van der Waals surface area contributed by atoms with E-state index in [9.17, 15) is 4.79 Å². The molecule has 2 aromatic heterocycles. The quantitative estimate of drug-likeness (QED) is 0.440. The number of oxazole rings is 1. The highest BCUT2D eigenvalue weighted by Gasteiger charge is 2.31. The molecule has 1 atom stereocenters. The van der Waals surface area contributed by atoms with Gasteiger partial charge in [0.1, 0.15) is 5.69 Å². The highest BCUT2D eigenvalue weighted by atomic mass is 16.4. The Kier molecular flexibility index (Phi) is 6.15. The van der Waals surface area contributed by atoms with Gasteiger partial charge in [-0.2, -0.15) is 9.59 Å². The van der Waals surface area contributed by atoms with Crippen molar-refractivity contribution in [2.45, 2.75) is 19.8 Å². The number of ketones is 1. The first-order chi connectivity index (χ1) is 15.6. The summed E-state index contributed by atoms with van der Waals surface area (Å²) in [5.74, 6) is 0.526. The lowest BCUT2D eigenvalue weighted by Crippen LogP contribution is -2.15. The number of pyridine rings is 1. The Labute approximate surface area is 185 Å². The Bertz CT molecular complexity index is 1290. The molecule has 2 aromatic carbocycles. The van der Waals surface area contributed by atoms with Crippen LogP contribution in [0.25, 0.3) is 22.6 Å². The third kappa shape index (κ3) is 4.46. The zero-order valence-corrected chi connectivity index (χ0v) is 17.4. The van der Waals surface area contributed by atoms with Gasteiger partial charge in [-0.25, -0.2) is 9.97 Å². The van der Waals surface area contributed by atoms with E-state index in [1.165, 1.54) is 22.3 Å². The number of aromatic nitrogens is 2. The monoisotopic (exact) mass is 424 g/mol. The molecule has 2 heterocycles. The van der Waals surface area contributed by atoms with E-state index in [1.807, 2.05) is 43.3 Å². The minimum atomic E-state index is -0.131. The van der Waals surface area contributed by atoms with Gasteiger partial charge in [0, 0.05) is 11.6 Å². The lowest BCUT2D eigenvalue weighted by molar-refractivity contribution is -0.191. The van der Waals surface area contributed by atoms with E-state index in [1.54, 1.807) is 6.20 Å². The molecule has 0 bridgehead atoms. The molecule has 5 rings (SSSR count). The molecule has 0 N–H and O–H groups in total. The Morgan fingerprint density at radius 2 is 1.69 bits per heavy atom. The first kappa shape index (κ1) is 21.1. The summed E-state index contributed by atoms with van der Waals surface area (Å²) in [6.07, 6.45) is 3.28. The largest absolute Gasteiger partial charge is 0.432 e. The van der Waals surface area contributed by atoms with Crippen LogP contribution in [0.5, 0.6) is 0 Å². The molecule has 0 saturated carbocycles. The maximum absolute atomic E-state index is 13.0. The number of rotatable bonds is 4. The Morgan fingerprint density at radius 3 is 2.44 bits per heavy atom. The second kappa shape index (κ2) is 9.33. The fourth-order valence-electron chi connectivity index (χ4n) is 3.98. The van der Waals surface area contributed by atoms with Gasteiger partial charge in [0.15, 0.2) is 5.76 Å². The Hall–Kier alpha value is -4.15. The van der Waals surface area contributed by atoms with Crippen molar-refractivity contribution in [3.05, 3.63) is 95.6 Å². The molecule has 0 fully saturated rings. The van der Waals surface area contributed by atoms with Crippen LogP contribution in [0.2, 0.25) is 0 Å². The summed E-state index contributed by atoms with van der Waals surface area (Å²) in [6, 6.07) is 22.5. The molecule has 6 nitrogen and oxygen atoms in total. The summed E-state index contributed by atoms with van der Waals surface area (Å²) in [7, 11) is 0. The van der Waals surface area contributed by atoms with Crippen LogP contribution in [0.15, 0.2) is 77.3 Å². The molecule has 0 radical (unpaired) electrons. The maximum atomic E-state index is 13.0. The van der Waals surface area contributed by atoms with E-state index in [4.69, 9.17) is 14.0 Å². The van der Waals surface area contributed by atoms with Crippen molar-refractivity contribution in [2.24, 2.45) is 5.92 Å². The fourth-order valence-corrected chi connectivity index (χ4v) is 3.98. The number of nitrogens with zero attached hydrogens (tertiary/aromatic N) is 2. The van der Waals surface area contributed by atoms with Crippen molar-refractivity contribution in [3.63, 3.8) is 0 Å². The standard InChI is InChI=1S/C25H20N2O2.CO2/c1-16-6-5-9-22(27-16)23-15-26-25(29-23)24(28)21-13-19-11-10-18(12-20(19)14-21)17-7-3-2-4-8-17;2-1-3/h2-12,15,21H,13-14H2,1H3;. The number of hydrogen-bond acceptors (Lipinski definition) is 6. The average molecular weight is 424 g/mol. The van der Waals surface area contributed by atoms with Gasteiger partial charge >= 0.3 is 6.15 Å². The zero-order chi connectivity index (χ0) is 22.5. The molecular formula is C26H20N2O4. The second-order valence-electron chi connectivity index (χ2n) is 7.60. The highest BCUT2D eigenvalue weighted by Crippen LogP contribution is 2.33. The number of aryl methyl sites for hydroxylation is 1. The minimum absolute atomic E-state index is 0.0404. The zero-order valence-electron chi connectivity index (χ0n) is 17.4. The van der Waals surface area contributed by atoms with Crippen LogP contribution in [-0.4, -0.2) is 21.9 Å². The van der Waals surface area contributed by atoms with Crippen molar-refractivity contribution < 1.29 is 18.8 Å². The van der Waals surface area contributed by atoms with Crippen molar-refractivity contribution in [1.29, 1.82) is 0 Å². The van der Waals surface area contributed by atoms with Gasteiger partial charge in [0.05, 0.1) is 6.20 Å². The maximum Gasteiger partial charge on any atom is 0.373 e. The van der Waals surface area contributed by atoms with Gasteiger partial charge in [-0.3, -0.25) is 4.79 Å². The van der Waals surface area contributed by atoms with E-state index in [0.717, 1.165) is 18.5 Å². The number of benzene rings is 2. The van der Waals surface area contributed by atoms with Crippen molar-refractivity contribution in [2.75, 3.05) is 0 Å². The van der Waals surface area contributed by atoms with Crippen LogP contribution >= 0.6 is 0 Å². The number of hydrogen-bond donors (Lipinski definition) is 0. The first-order valence-corrected chi connectivity index (χ1v) is 10.2. The van der Waals surface area contributed by atoms with Crippen molar-refractivity contribution in [3.8, 4) is 22.6 Å². The van der Waals surface area contributed by atoms with Gasteiger partial charge in [-0.15, -0.1) is 0 Å². The smallest absolute Gasteiger partial charge is 0.373 e. The molecule has 0 aliphatic heterocycles. The molecule has 158 valence electrons. The van der Waals surface area contributed by atoms with Crippen LogP contribution in [0.4, 0.5) is 0 Å². The van der Waals surface area contributed by atoms with Gasteiger partial charge in [0.2, 0.25) is 5.78 Å². The Morgan fingerprint density at radius 1 is 0.938 bits per heavy atom. The summed E-state index contributed by atoms with van der Waals surface area (Å²) in [6.45, 7) is 1.92. The molecule has 0 spiro atoms. The molecule has 1 aliphatic carbocycles. The van der Waals surface area contributed by atoms with Gasteiger partial charge < -0.3 is 4.42 Å². The number of carbonyl (C=O) groups excluding carboxylic acids is 3. The summed E-state index contributed by atoms with van der Waals surface area (Å²) < 4.78 is 5.77. The second-order valence-corrected chi connectivity index (χ2v) is 7.60. The van der Waals surface area contributed by atoms with Crippen molar-refractivity contribution >= 4 is 11.9 Å². The molecule has 6 heteroatoms. The molecule has 0 amide bonds. The minimum Gasteiger partial charge on any atom is -0.432 e. The molecule has 1 aliphatic rings. The number of fused-ring (bicyclic) bond motifs is 1. The topological polar surface area (TPSA) is 90.1 Å². The van der Waals surface area contributed by atoms with Crippen LogP contribution in [0, 0.1) is 12.8 Å². The van der Waals surface area contributed by atoms with E-state index >= 15 is 0 Å². The third-order valence-electron chi connectivity index (χ3n) is 5.47. The lowest BCUT2D eigenvalue weighted by atomic mass is 10.00. The van der Waals surface area contributed by atoms with E-state index < -0.39 is 0 Å². The summed E-state index contributed by atoms with van der Waals surface area (Å²) in [5.41, 5.74) is 6.42. The summed E-state index contributed by atoms with van der Waals surface area (Å²) in [5, 5.41) is 0. The Balaban J connectivity index is 0.000000775. The average Bonchev–Trinajstić information content (AvgIpc) is 3.47. The van der Waals surface area contributed by atoms with E-state index in [0.29, 0.717) is 11.5 Å². The molecular weight excluding hydrogens is 404 g/mol. The highest BCUT2D eigenvalue weighted by molar-refractivity contribution is 5.95. The van der Waals surface area contributed by atoms with Crippen molar-refractivity contribution in [1.82, 2.24) is 9.97 Å². The third-order valence-corrected chi connectivity index (χ3v) is 5.47. The lowest BCUT2D eigenvalue weighted by Gasteiger charge is -2.05. The molecule has 4 aromatic rings. The van der Waals surface area contributed by atoms with Crippen LogP contribution < -0.4 is 0 Å². The van der Waals surface area contributed by atoms with Crippen LogP contribution in [0.3, 0.4) is 0 Å². The summed E-state index contributed by atoms with van der Waals surface area (Å²) in [4.78, 5) is 37.9. The van der Waals surface area contributed by atoms with Gasteiger partial charge in [0.25, 0.3) is 5.89 Å². The predicted octanol–water partition coefficient (Wildman–Crippen LogP) is 4.73. The molecule has 32 heavy (non-hydrogen) atoms. The van der Waals surface area contributed by atoms with Gasteiger partial charge in [-0.05, 0) is 54.2 Å².